The highest BCUT2D eigenvalue weighted by Gasteiger charge is 2.26. The van der Waals surface area contributed by atoms with Crippen molar-refractivity contribution >= 4 is 5.69 Å². The molecule has 2 rings (SSSR count). The summed E-state index contributed by atoms with van der Waals surface area (Å²) in [6.07, 6.45) is 5.70. The zero-order chi connectivity index (χ0) is 10.2. The SMILES string of the molecule is CC(C)(c1ccc[nH]1)c1c[nH]cc1N. The summed E-state index contributed by atoms with van der Waals surface area (Å²) < 4.78 is 0. The van der Waals surface area contributed by atoms with E-state index in [2.05, 4.69) is 29.9 Å². The number of H-pyrrole nitrogens is 2. The monoisotopic (exact) mass is 189 g/mol. The summed E-state index contributed by atoms with van der Waals surface area (Å²) >= 11 is 0. The fourth-order valence-electron chi connectivity index (χ4n) is 1.78. The van der Waals surface area contributed by atoms with Crippen molar-refractivity contribution in [3.8, 4) is 0 Å². The van der Waals surface area contributed by atoms with Crippen molar-refractivity contribution in [2.45, 2.75) is 19.3 Å². The van der Waals surface area contributed by atoms with Crippen molar-refractivity contribution in [2.75, 3.05) is 5.73 Å². The van der Waals surface area contributed by atoms with E-state index in [1.165, 1.54) is 5.69 Å². The number of aromatic nitrogens is 2. The van der Waals surface area contributed by atoms with Crippen molar-refractivity contribution in [3.63, 3.8) is 0 Å². The molecule has 2 aromatic rings. The number of hydrogen-bond acceptors (Lipinski definition) is 1. The van der Waals surface area contributed by atoms with Crippen LogP contribution >= 0.6 is 0 Å². The Labute approximate surface area is 83.3 Å². The summed E-state index contributed by atoms with van der Waals surface area (Å²) in [6, 6.07) is 4.08. The van der Waals surface area contributed by atoms with E-state index in [0.717, 1.165) is 11.3 Å². The van der Waals surface area contributed by atoms with Gasteiger partial charge in [0.15, 0.2) is 0 Å². The standard InChI is InChI=1S/C11H15N3/c1-11(2,10-4-3-5-14-10)8-6-13-7-9(8)12/h3-7,13-14H,12H2,1-2H3. The topological polar surface area (TPSA) is 57.6 Å². The molecule has 0 spiro atoms. The smallest absolute Gasteiger partial charge is 0.0533 e. The van der Waals surface area contributed by atoms with Crippen LogP contribution in [0.4, 0.5) is 5.69 Å². The number of hydrogen-bond donors (Lipinski definition) is 3. The molecule has 4 N–H and O–H groups in total. The zero-order valence-electron chi connectivity index (χ0n) is 8.46. The van der Waals surface area contributed by atoms with Crippen LogP contribution < -0.4 is 5.73 Å². The van der Waals surface area contributed by atoms with Gasteiger partial charge in [-0.1, -0.05) is 13.8 Å². The summed E-state index contributed by atoms with van der Waals surface area (Å²) in [5.74, 6) is 0. The van der Waals surface area contributed by atoms with E-state index >= 15 is 0 Å². The Balaban J connectivity index is 2.48. The Kier molecular flexibility index (Phi) is 1.88. The molecule has 14 heavy (non-hydrogen) atoms. The molecule has 0 aromatic carbocycles. The Bertz CT molecular complexity index is 409. The molecule has 3 heteroatoms. The molecule has 0 saturated carbocycles. The third kappa shape index (κ3) is 1.21. The molecule has 74 valence electrons. The molecule has 0 aliphatic heterocycles. The van der Waals surface area contributed by atoms with Gasteiger partial charge in [0.2, 0.25) is 0 Å². The third-order valence-corrected chi connectivity index (χ3v) is 2.72. The average Bonchev–Trinajstić information content (AvgIpc) is 2.72. The molecule has 0 fully saturated rings. The first-order valence-electron chi connectivity index (χ1n) is 4.69. The van der Waals surface area contributed by atoms with Crippen LogP contribution in [0.25, 0.3) is 0 Å². The second kappa shape index (κ2) is 2.94. The Morgan fingerprint density at radius 2 is 2.07 bits per heavy atom. The van der Waals surface area contributed by atoms with Crippen LogP contribution in [0.3, 0.4) is 0 Å². The number of anilines is 1. The van der Waals surface area contributed by atoms with Gasteiger partial charge in [0.05, 0.1) is 5.69 Å². The molecule has 3 nitrogen and oxygen atoms in total. The van der Waals surface area contributed by atoms with E-state index in [4.69, 9.17) is 5.73 Å². The maximum Gasteiger partial charge on any atom is 0.0533 e. The minimum absolute atomic E-state index is 0.0758. The van der Waals surface area contributed by atoms with Crippen molar-refractivity contribution in [1.29, 1.82) is 0 Å². The van der Waals surface area contributed by atoms with Crippen LogP contribution in [0.2, 0.25) is 0 Å². The maximum atomic E-state index is 5.89. The van der Waals surface area contributed by atoms with Gasteiger partial charge in [-0.05, 0) is 12.1 Å². The van der Waals surface area contributed by atoms with Gasteiger partial charge >= 0.3 is 0 Å². The molecule has 2 aromatic heterocycles. The second-order valence-electron chi connectivity index (χ2n) is 4.03. The van der Waals surface area contributed by atoms with E-state index in [1.54, 1.807) is 0 Å². The second-order valence-corrected chi connectivity index (χ2v) is 4.03. The molecule has 0 aliphatic carbocycles. The quantitative estimate of drug-likeness (QED) is 0.666. The minimum atomic E-state index is -0.0758. The summed E-state index contributed by atoms with van der Waals surface area (Å²) in [5, 5.41) is 0. The zero-order valence-corrected chi connectivity index (χ0v) is 8.46. The highest BCUT2D eigenvalue weighted by molar-refractivity contribution is 5.51. The minimum Gasteiger partial charge on any atom is -0.397 e. The lowest BCUT2D eigenvalue weighted by Crippen LogP contribution is -2.19. The van der Waals surface area contributed by atoms with Gasteiger partial charge in [-0.25, -0.2) is 0 Å². The van der Waals surface area contributed by atoms with Crippen LogP contribution in [0, 0.1) is 0 Å². The number of nitrogens with two attached hydrogens (primary N) is 1. The Morgan fingerprint density at radius 3 is 2.57 bits per heavy atom. The van der Waals surface area contributed by atoms with Gasteiger partial charge < -0.3 is 15.7 Å². The van der Waals surface area contributed by atoms with E-state index in [-0.39, 0.29) is 5.41 Å². The Morgan fingerprint density at radius 1 is 1.29 bits per heavy atom. The molecule has 0 bridgehead atoms. The fourth-order valence-corrected chi connectivity index (χ4v) is 1.78. The van der Waals surface area contributed by atoms with Gasteiger partial charge in [0.1, 0.15) is 0 Å². The largest absolute Gasteiger partial charge is 0.397 e. The molecule has 0 saturated heterocycles. The van der Waals surface area contributed by atoms with Crippen molar-refractivity contribution in [1.82, 2.24) is 9.97 Å². The van der Waals surface area contributed by atoms with E-state index in [0.29, 0.717) is 0 Å². The lowest BCUT2D eigenvalue weighted by atomic mass is 9.82. The first-order chi connectivity index (χ1) is 6.62. The van der Waals surface area contributed by atoms with Crippen LogP contribution in [0.5, 0.6) is 0 Å². The molecule has 0 amide bonds. The number of nitrogens with one attached hydrogen (secondary N) is 2. The van der Waals surface area contributed by atoms with Crippen LogP contribution in [-0.4, -0.2) is 9.97 Å². The predicted molar refractivity (Wildman–Crippen MR) is 58.1 cm³/mol. The molecular formula is C11H15N3. The fraction of sp³-hybridized carbons (Fsp3) is 0.273. The third-order valence-electron chi connectivity index (χ3n) is 2.72. The Hall–Kier alpha value is -1.64. The average molecular weight is 189 g/mol. The molecule has 0 radical (unpaired) electrons. The maximum absolute atomic E-state index is 5.89. The van der Waals surface area contributed by atoms with E-state index in [9.17, 15) is 0 Å². The molecule has 2 heterocycles. The highest BCUT2D eigenvalue weighted by atomic mass is 14.8. The number of rotatable bonds is 2. The van der Waals surface area contributed by atoms with Crippen LogP contribution in [0.1, 0.15) is 25.1 Å². The number of aromatic amines is 2. The molecular weight excluding hydrogens is 174 g/mol. The van der Waals surface area contributed by atoms with Gasteiger partial charge in [-0.2, -0.15) is 0 Å². The molecule has 0 aliphatic rings. The number of nitrogen functional groups attached to an aromatic ring is 1. The highest BCUT2D eigenvalue weighted by Crippen LogP contribution is 2.33. The van der Waals surface area contributed by atoms with Crippen molar-refractivity contribution in [3.05, 3.63) is 42.0 Å². The summed E-state index contributed by atoms with van der Waals surface area (Å²) in [6.45, 7) is 4.30. The van der Waals surface area contributed by atoms with E-state index < -0.39 is 0 Å². The lowest BCUT2D eigenvalue weighted by molar-refractivity contribution is 0.624. The van der Waals surface area contributed by atoms with Gasteiger partial charge in [0.25, 0.3) is 0 Å². The molecule has 0 unspecified atom stereocenters. The van der Waals surface area contributed by atoms with Crippen LogP contribution in [0.15, 0.2) is 30.7 Å². The summed E-state index contributed by atoms with van der Waals surface area (Å²) in [5.41, 5.74) is 8.92. The predicted octanol–water partition coefficient (Wildman–Crippen LogP) is 2.25. The summed E-state index contributed by atoms with van der Waals surface area (Å²) in [7, 11) is 0. The lowest BCUT2D eigenvalue weighted by Gasteiger charge is -2.23. The summed E-state index contributed by atoms with van der Waals surface area (Å²) in [4.78, 5) is 6.25. The molecule has 0 atom stereocenters. The normalized spacial score (nSPS) is 11.9. The van der Waals surface area contributed by atoms with Crippen LogP contribution in [-0.2, 0) is 5.41 Å². The van der Waals surface area contributed by atoms with Crippen molar-refractivity contribution < 1.29 is 0 Å². The van der Waals surface area contributed by atoms with Gasteiger partial charge in [-0.3, -0.25) is 0 Å². The first kappa shape index (κ1) is 8.94. The van der Waals surface area contributed by atoms with E-state index in [1.807, 2.05) is 24.7 Å². The first-order valence-corrected chi connectivity index (χ1v) is 4.69. The van der Waals surface area contributed by atoms with Gasteiger partial charge in [0, 0.05) is 35.3 Å². The van der Waals surface area contributed by atoms with Crippen molar-refractivity contribution in [2.24, 2.45) is 0 Å². The van der Waals surface area contributed by atoms with Gasteiger partial charge in [-0.15, -0.1) is 0 Å².